The molecule has 37 heavy (non-hydrogen) atoms. The number of nitrogens with zero attached hydrogens (tertiary/aromatic N) is 1. The zero-order valence-corrected chi connectivity index (χ0v) is 23.1. The molecule has 2 unspecified atom stereocenters. The van der Waals surface area contributed by atoms with E-state index in [4.69, 9.17) is 18.9 Å². The lowest BCUT2D eigenvalue weighted by Crippen LogP contribution is -2.36. The predicted octanol–water partition coefficient (Wildman–Crippen LogP) is 4.51. The van der Waals surface area contributed by atoms with Crippen molar-refractivity contribution in [3.05, 3.63) is 23.8 Å². The van der Waals surface area contributed by atoms with E-state index in [0.717, 1.165) is 57.8 Å². The van der Waals surface area contributed by atoms with Crippen molar-refractivity contribution < 1.29 is 33.6 Å². The number of aliphatic hydroxyl groups excluding tert-OH is 1. The number of esters is 1. The second-order valence-electron chi connectivity index (χ2n) is 11.1. The molecule has 3 rings (SSSR count). The highest BCUT2D eigenvalue weighted by Crippen LogP contribution is 2.53. The molecule has 0 aliphatic heterocycles. The Balaban J connectivity index is 1.65. The van der Waals surface area contributed by atoms with E-state index < -0.39 is 6.16 Å². The molecule has 0 radical (unpaired) electrons. The second kappa shape index (κ2) is 14.9. The minimum absolute atomic E-state index is 0.0630. The number of unbranched alkanes of at least 4 members (excludes halogenated alkanes) is 2. The van der Waals surface area contributed by atoms with E-state index in [2.05, 4.69) is 13.0 Å². The molecule has 3 aliphatic rings. The molecule has 1 N–H and O–H groups in total. The number of likely N-dealkylation sites (N-methyl/N-ethyl adjacent to an activating group) is 1. The number of hydrogen-bond donors (Lipinski definition) is 1. The summed E-state index contributed by atoms with van der Waals surface area (Å²) in [5.74, 6) is 0.798. The minimum atomic E-state index is -0.600. The maximum atomic E-state index is 12.5. The second-order valence-corrected chi connectivity index (χ2v) is 11.1. The van der Waals surface area contributed by atoms with Crippen molar-refractivity contribution in [2.75, 3.05) is 41.0 Å². The lowest BCUT2D eigenvalue weighted by Gasteiger charge is -2.40. The SMILES string of the molecule is CCCCC[C@@H](O)CC[C@@H]1[C@H]2CC3=CC=CC(OCC(=O)OC)C3C[C@H]2C[C@H]1OC(=O)OCCN(C)C. The van der Waals surface area contributed by atoms with Crippen molar-refractivity contribution >= 4 is 12.1 Å². The summed E-state index contributed by atoms with van der Waals surface area (Å²) >= 11 is 0. The van der Waals surface area contributed by atoms with Crippen molar-refractivity contribution in [3.63, 3.8) is 0 Å². The topological polar surface area (TPSA) is 94.5 Å². The molecular weight excluding hydrogens is 474 g/mol. The molecule has 0 saturated heterocycles. The smallest absolute Gasteiger partial charge is 0.467 e. The number of carbonyl (C=O) groups is 2. The van der Waals surface area contributed by atoms with Crippen LogP contribution in [0.3, 0.4) is 0 Å². The highest BCUT2D eigenvalue weighted by Gasteiger charge is 2.50. The number of hydrogen-bond acceptors (Lipinski definition) is 8. The van der Waals surface area contributed by atoms with Gasteiger partial charge in [0.25, 0.3) is 0 Å². The van der Waals surface area contributed by atoms with Gasteiger partial charge in [0.2, 0.25) is 0 Å². The van der Waals surface area contributed by atoms with Gasteiger partial charge in [-0.25, -0.2) is 9.59 Å². The molecule has 0 bridgehead atoms. The van der Waals surface area contributed by atoms with Crippen molar-refractivity contribution in [2.24, 2.45) is 23.7 Å². The van der Waals surface area contributed by atoms with Crippen LogP contribution in [0.5, 0.6) is 0 Å². The Morgan fingerprint density at radius 2 is 2.00 bits per heavy atom. The highest BCUT2D eigenvalue weighted by molar-refractivity contribution is 5.70. The maximum absolute atomic E-state index is 12.5. The summed E-state index contributed by atoms with van der Waals surface area (Å²) in [6, 6.07) is 0. The van der Waals surface area contributed by atoms with E-state index in [1.54, 1.807) is 0 Å². The number of allylic oxidation sites excluding steroid dienone is 2. The van der Waals surface area contributed by atoms with Crippen LogP contribution < -0.4 is 0 Å². The van der Waals surface area contributed by atoms with Crippen LogP contribution in [0.2, 0.25) is 0 Å². The summed E-state index contributed by atoms with van der Waals surface area (Å²) in [5, 5.41) is 10.6. The van der Waals surface area contributed by atoms with Gasteiger partial charge >= 0.3 is 12.1 Å². The van der Waals surface area contributed by atoms with Gasteiger partial charge in [0.15, 0.2) is 0 Å². The van der Waals surface area contributed by atoms with Gasteiger partial charge in [-0.15, -0.1) is 0 Å². The fourth-order valence-corrected chi connectivity index (χ4v) is 6.28. The monoisotopic (exact) mass is 521 g/mol. The first kappa shape index (κ1) is 29.7. The van der Waals surface area contributed by atoms with Crippen LogP contribution >= 0.6 is 0 Å². The Bertz CT molecular complexity index is 795. The predicted molar refractivity (Wildman–Crippen MR) is 141 cm³/mol. The first-order valence-corrected chi connectivity index (χ1v) is 14.0. The Kier molecular flexibility index (Phi) is 11.9. The van der Waals surface area contributed by atoms with E-state index in [9.17, 15) is 14.7 Å². The first-order valence-electron chi connectivity index (χ1n) is 14.0. The van der Waals surface area contributed by atoms with Gasteiger partial charge in [-0.05, 0) is 70.4 Å². The molecule has 0 spiro atoms. The van der Waals surface area contributed by atoms with Gasteiger partial charge < -0.3 is 29.0 Å². The summed E-state index contributed by atoms with van der Waals surface area (Å²) in [7, 11) is 5.23. The molecule has 2 saturated carbocycles. The first-order chi connectivity index (χ1) is 17.8. The lowest BCUT2D eigenvalue weighted by molar-refractivity contribution is -0.148. The number of carbonyl (C=O) groups excluding carboxylic acids is 2. The number of aliphatic hydroxyl groups is 1. The van der Waals surface area contributed by atoms with Crippen LogP contribution in [0.15, 0.2) is 23.8 Å². The van der Waals surface area contributed by atoms with Crippen LogP contribution in [0.25, 0.3) is 0 Å². The van der Waals surface area contributed by atoms with Crippen LogP contribution in [-0.2, 0) is 23.7 Å². The lowest BCUT2D eigenvalue weighted by atomic mass is 9.67. The van der Waals surface area contributed by atoms with Crippen molar-refractivity contribution in [1.82, 2.24) is 4.90 Å². The fourth-order valence-electron chi connectivity index (χ4n) is 6.28. The number of rotatable bonds is 14. The Labute approximate surface area is 222 Å². The third-order valence-electron chi connectivity index (χ3n) is 8.28. The molecular formula is C29H47NO7. The van der Waals surface area contributed by atoms with E-state index in [1.807, 2.05) is 31.1 Å². The summed E-state index contributed by atoms with van der Waals surface area (Å²) in [5.41, 5.74) is 1.33. The van der Waals surface area contributed by atoms with Gasteiger partial charge in [0, 0.05) is 12.5 Å². The van der Waals surface area contributed by atoms with Crippen LogP contribution in [0.1, 0.15) is 64.7 Å². The Morgan fingerprint density at radius 3 is 2.73 bits per heavy atom. The highest BCUT2D eigenvalue weighted by atomic mass is 16.7. The number of fused-ring (bicyclic) bond motifs is 2. The molecule has 0 aromatic carbocycles. The van der Waals surface area contributed by atoms with Gasteiger partial charge in [-0.1, -0.05) is 50.0 Å². The molecule has 210 valence electrons. The van der Waals surface area contributed by atoms with E-state index in [1.165, 1.54) is 12.7 Å². The molecule has 0 aromatic rings. The van der Waals surface area contributed by atoms with Crippen molar-refractivity contribution in [1.29, 1.82) is 0 Å². The third kappa shape index (κ3) is 8.82. The van der Waals surface area contributed by atoms with Crippen LogP contribution in [-0.4, -0.2) is 81.4 Å². The molecule has 0 amide bonds. The average Bonchev–Trinajstić information content (AvgIpc) is 3.19. The normalized spacial score (nSPS) is 29.3. The standard InChI is InChI=1S/C29H47NO7/c1-5-6-7-10-22(31)12-13-23-24-16-20-9-8-11-26(36-19-28(32)34-4)25(20)17-21(24)18-27(23)37-29(33)35-15-14-30(2)3/h8-9,11,21-27,31H,5-7,10,12-19H2,1-4H3/t21-,22+,23+,24-,25?,26?,27+/m0/s1. The van der Waals surface area contributed by atoms with Crippen molar-refractivity contribution in [2.45, 2.75) is 83.0 Å². The molecule has 0 heterocycles. The summed E-state index contributed by atoms with van der Waals surface area (Å²) < 4.78 is 21.9. The van der Waals surface area contributed by atoms with Crippen LogP contribution in [0.4, 0.5) is 4.79 Å². The molecule has 8 nitrogen and oxygen atoms in total. The minimum Gasteiger partial charge on any atom is -0.467 e. The summed E-state index contributed by atoms with van der Waals surface area (Å²) in [6.45, 7) is 3.05. The van der Waals surface area contributed by atoms with Gasteiger partial charge in [-0.2, -0.15) is 0 Å². The van der Waals surface area contributed by atoms with E-state index >= 15 is 0 Å². The van der Waals surface area contributed by atoms with Gasteiger partial charge in [0.1, 0.15) is 19.3 Å². The quantitative estimate of drug-likeness (QED) is 0.264. The fraction of sp³-hybridized carbons (Fsp3) is 0.793. The number of ether oxygens (including phenoxy) is 4. The summed E-state index contributed by atoms with van der Waals surface area (Å²) in [4.78, 5) is 26.1. The average molecular weight is 522 g/mol. The molecule has 2 fully saturated rings. The van der Waals surface area contributed by atoms with Crippen molar-refractivity contribution in [3.8, 4) is 0 Å². The van der Waals surface area contributed by atoms with E-state index in [-0.39, 0.29) is 42.7 Å². The largest absolute Gasteiger partial charge is 0.508 e. The molecule has 0 aromatic heterocycles. The number of methoxy groups -OCH3 is 1. The molecule has 7 atom stereocenters. The van der Waals surface area contributed by atoms with Gasteiger partial charge in [0.05, 0.1) is 19.3 Å². The summed E-state index contributed by atoms with van der Waals surface area (Å²) in [6.07, 6.45) is 13.3. The van der Waals surface area contributed by atoms with Crippen LogP contribution in [0, 0.1) is 23.7 Å². The van der Waals surface area contributed by atoms with Gasteiger partial charge in [-0.3, -0.25) is 0 Å². The zero-order valence-electron chi connectivity index (χ0n) is 23.1. The van der Waals surface area contributed by atoms with E-state index in [0.29, 0.717) is 25.0 Å². The Morgan fingerprint density at radius 1 is 1.19 bits per heavy atom. The Hall–Kier alpha value is -1.90. The maximum Gasteiger partial charge on any atom is 0.508 e. The third-order valence-corrected chi connectivity index (χ3v) is 8.28. The molecule has 8 heteroatoms. The zero-order chi connectivity index (χ0) is 26.8. The molecule has 3 aliphatic carbocycles.